The van der Waals surface area contributed by atoms with Crippen LogP contribution in [-0.4, -0.2) is 69.2 Å². The van der Waals surface area contributed by atoms with E-state index in [1.165, 1.54) is 38.7 Å². The molecule has 2 amide bonds. The summed E-state index contributed by atoms with van der Waals surface area (Å²) in [5, 5.41) is 7.60. The zero-order chi connectivity index (χ0) is 24.9. The fourth-order valence-corrected chi connectivity index (χ4v) is 4.01. The number of anilines is 1. The molecule has 2 rings (SSSR count). The first-order chi connectivity index (χ1) is 16.5. The van der Waals surface area contributed by atoms with Gasteiger partial charge in [0.15, 0.2) is 16.6 Å². The van der Waals surface area contributed by atoms with Crippen LogP contribution < -0.4 is 24.8 Å². The van der Waals surface area contributed by atoms with E-state index in [1.54, 1.807) is 11.4 Å². The summed E-state index contributed by atoms with van der Waals surface area (Å²) in [5.74, 6) is 0.500. The second-order valence-electron chi connectivity index (χ2n) is 7.70. The Morgan fingerprint density at radius 1 is 0.889 bits per heavy atom. The third kappa shape index (κ3) is 10.0. The number of carbonyl (C=O) groups is 2. The average molecular weight is 566 g/mol. The number of unbranched alkanes of at least 4 members (excludes halogenated alkanes) is 2. The van der Waals surface area contributed by atoms with Crippen molar-refractivity contribution in [3.63, 3.8) is 0 Å². The standard InChI is InChI=1S/C24H36N4O5S.2ClH/c1-6-8-11-28(12-9-7-2)13-10-25-23(30)18-16-34-24(26-18)27-22(29)17-14-20(32-4)21(33-5)15-19(17)31-3;;/h14-16H,6-13H2,1-5H3,(H,25,30)(H,26,27,29);2*1H. The van der Waals surface area contributed by atoms with Gasteiger partial charge in [-0.25, -0.2) is 4.98 Å². The molecule has 0 spiro atoms. The van der Waals surface area contributed by atoms with Crippen LogP contribution in [0.25, 0.3) is 0 Å². The first-order valence-electron chi connectivity index (χ1n) is 11.5. The number of benzene rings is 1. The molecule has 0 aliphatic heterocycles. The maximum absolute atomic E-state index is 12.8. The monoisotopic (exact) mass is 564 g/mol. The predicted octanol–water partition coefficient (Wildman–Crippen LogP) is 4.90. The van der Waals surface area contributed by atoms with Gasteiger partial charge >= 0.3 is 0 Å². The zero-order valence-electron chi connectivity index (χ0n) is 21.5. The first kappa shape index (κ1) is 33.7. The Bertz CT molecular complexity index is 937. The fourth-order valence-electron chi connectivity index (χ4n) is 3.32. The summed E-state index contributed by atoms with van der Waals surface area (Å²) >= 11 is 1.18. The third-order valence-electron chi connectivity index (χ3n) is 5.28. The Kier molecular flexibility index (Phi) is 16.9. The van der Waals surface area contributed by atoms with Crippen LogP contribution in [0.15, 0.2) is 17.5 Å². The van der Waals surface area contributed by atoms with Crippen molar-refractivity contribution in [3.05, 3.63) is 28.8 Å². The highest BCUT2D eigenvalue weighted by Crippen LogP contribution is 2.35. The van der Waals surface area contributed by atoms with Gasteiger partial charge in [-0.15, -0.1) is 36.2 Å². The van der Waals surface area contributed by atoms with Crippen LogP contribution in [0, 0.1) is 0 Å². The summed E-state index contributed by atoms with van der Waals surface area (Å²) in [6.45, 7) is 7.80. The van der Waals surface area contributed by atoms with E-state index in [9.17, 15) is 9.59 Å². The topological polar surface area (TPSA) is 102 Å². The minimum atomic E-state index is -0.429. The van der Waals surface area contributed by atoms with E-state index >= 15 is 0 Å². The van der Waals surface area contributed by atoms with E-state index < -0.39 is 5.91 Å². The molecule has 0 saturated heterocycles. The molecule has 2 aromatic rings. The molecule has 9 nitrogen and oxygen atoms in total. The molecule has 0 unspecified atom stereocenters. The van der Waals surface area contributed by atoms with Crippen molar-refractivity contribution >= 4 is 53.1 Å². The molecule has 1 aromatic heterocycles. The smallest absolute Gasteiger partial charge is 0.270 e. The van der Waals surface area contributed by atoms with Crippen LogP contribution in [0.1, 0.15) is 60.4 Å². The first-order valence-corrected chi connectivity index (χ1v) is 12.4. The zero-order valence-corrected chi connectivity index (χ0v) is 24.0. The van der Waals surface area contributed by atoms with Gasteiger partial charge in [0.2, 0.25) is 0 Å². The van der Waals surface area contributed by atoms with E-state index in [0.29, 0.717) is 28.9 Å². The van der Waals surface area contributed by atoms with Crippen molar-refractivity contribution in [1.29, 1.82) is 0 Å². The van der Waals surface area contributed by atoms with Crippen LogP contribution >= 0.6 is 36.2 Å². The maximum atomic E-state index is 12.8. The molecule has 0 fully saturated rings. The molecule has 12 heteroatoms. The summed E-state index contributed by atoms with van der Waals surface area (Å²) in [7, 11) is 4.47. The van der Waals surface area contributed by atoms with Crippen LogP contribution in [0.5, 0.6) is 17.2 Å². The van der Waals surface area contributed by atoms with Crippen molar-refractivity contribution in [3.8, 4) is 17.2 Å². The molecular formula is C24H38Cl2N4O5S. The Labute approximate surface area is 230 Å². The lowest BCUT2D eigenvalue weighted by Gasteiger charge is -2.21. The molecule has 0 aliphatic carbocycles. The van der Waals surface area contributed by atoms with Crippen LogP contribution in [0.4, 0.5) is 5.13 Å². The SMILES string of the molecule is CCCCN(CCCC)CCNC(=O)c1csc(NC(=O)c2cc(OC)c(OC)cc2OC)n1.Cl.Cl. The number of thiazole rings is 1. The predicted molar refractivity (Wildman–Crippen MR) is 149 cm³/mol. The summed E-state index contributed by atoms with van der Waals surface area (Å²) in [4.78, 5) is 32.0. The van der Waals surface area contributed by atoms with E-state index in [-0.39, 0.29) is 42.0 Å². The number of rotatable bonds is 15. The van der Waals surface area contributed by atoms with Crippen molar-refractivity contribution in [1.82, 2.24) is 15.2 Å². The Hall–Kier alpha value is -2.27. The molecule has 2 N–H and O–H groups in total. The molecule has 1 heterocycles. The number of hydrogen-bond donors (Lipinski definition) is 2. The number of halogens is 2. The molecule has 0 bridgehead atoms. The van der Waals surface area contributed by atoms with Gasteiger partial charge in [0, 0.05) is 30.6 Å². The molecular weight excluding hydrogens is 527 g/mol. The number of nitrogens with zero attached hydrogens (tertiary/aromatic N) is 2. The highest BCUT2D eigenvalue weighted by Gasteiger charge is 2.20. The van der Waals surface area contributed by atoms with E-state index in [1.807, 2.05) is 0 Å². The molecule has 0 radical (unpaired) electrons. The minimum absolute atomic E-state index is 0. The maximum Gasteiger partial charge on any atom is 0.270 e. The van der Waals surface area contributed by atoms with Crippen molar-refractivity contribution in [2.45, 2.75) is 39.5 Å². The van der Waals surface area contributed by atoms with E-state index in [2.05, 4.69) is 34.4 Å². The van der Waals surface area contributed by atoms with E-state index in [4.69, 9.17) is 14.2 Å². The Balaban J connectivity index is 0.00000612. The van der Waals surface area contributed by atoms with Crippen LogP contribution in [0.3, 0.4) is 0 Å². The number of methoxy groups -OCH3 is 3. The van der Waals surface area contributed by atoms with Gasteiger partial charge < -0.3 is 24.4 Å². The van der Waals surface area contributed by atoms with Gasteiger partial charge in [0.05, 0.1) is 26.9 Å². The Morgan fingerprint density at radius 2 is 1.47 bits per heavy atom. The summed E-state index contributed by atoms with van der Waals surface area (Å²) < 4.78 is 15.9. The van der Waals surface area contributed by atoms with E-state index in [0.717, 1.165) is 45.3 Å². The number of nitrogens with one attached hydrogen (secondary N) is 2. The van der Waals surface area contributed by atoms with Gasteiger partial charge in [-0.05, 0) is 25.9 Å². The molecule has 1 aromatic carbocycles. The molecule has 0 aliphatic rings. The van der Waals surface area contributed by atoms with Crippen LogP contribution in [0.2, 0.25) is 0 Å². The summed E-state index contributed by atoms with van der Waals surface area (Å²) in [5.41, 5.74) is 0.536. The fraction of sp³-hybridized carbons (Fsp3) is 0.542. The largest absolute Gasteiger partial charge is 0.496 e. The number of carbonyl (C=O) groups excluding carboxylic acids is 2. The number of ether oxygens (including phenoxy) is 3. The highest BCUT2D eigenvalue weighted by atomic mass is 35.5. The lowest BCUT2D eigenvalue weighted by Crippen LogP contribution is -2.36. The van der Waals surface area contributed by atoms with Gasteiger partial charge in [-0.3, -0.25) is 14.9 Å². The molecule has 0 atom stereocenters. The molecule has 36 heavy (non-hydrogen) atoms. The third-order valence-corrected chi connectivity index (χ3v) is 6.03. The van der Waals surface area contributed by atoms with Gasteiger partial charge in [0.1, 0.15) is 11.4 Å². The second kappa shape index (κ2) is 18.0. The van der Waals surface area contributed by atoms with Gasteiger partial charge in [-0.1, -0.05) is 26.7 Å². The van der Waals surface area contributed by atoms with Crippen molar-refractivity contribution in [2.24, 2.45) is 0 Å². The quantitative estimate of drug-likeness (QED) is 0.317. The summed E-state index contributed by atoms with van der Waals surface area (Å²) in [6.07, 6.45) is 4.60. The van der Waals surface area contributed by atoms with Crippen molar-refractivity contribution in [2.75, 3.05) is 52.8 Å². The van der Waals surface area contributed by atoms with Gasteiger partial charge in [0.25, 0.3) is 11.8 Å². The lowest BCUT2D eigenvalue weighted by atomic mass is 10.1. The summed E-state index contributed by atoms with van der Waals surface area (Å²) in [6, 6.07) is 3.12. The van der Waals surface area contributed by atoms with Gasteiger partial charge in [-0.2, -0.15) is 0 Å². The number of aromatic nitrogens is 1. The minimum Gasteiger partial charge on any atom is -0.496 e. The van der Waals surface area contributed by atoms with Crippen molar-refractivity contribution < 1.29 is 23.8 Å². The van der Waals surface area contributed by atoms with Crippen LogP contribution in [-0.2, 0) is 0 Å². The molecule has 0 saturated carbocycles. The lowest BCUT2D eigenvalue weighted by molar-refractivity contribution is 0.0942. The normalized spacial score (nSPS) is 10.2. The highest BCUT2D eigenvalue weighted by molar-refractivity contribution is 7.14. The Morgan fingerprint density at radius 3 is 2.03 bits per heavy atom. The second-order valence-corrected chi connectivity index (χ2v) is 8.56. The molecule has 204 valence electrons. The number of amides is 2. The average Bonchev–Trinajstić information content (AvgIpc) is 3.32. The number of hydrogen-bond acceptors (Lipinski definition) is 8.